The van der Waals surface area contributed by atoms with E-state index in [9.17, 15) is 0 Å². The Kier molecular flexibility index (Phi) is 1.30. The van der Waals surface area contributed by atoms with Crippen molar-refractivity contribution >= 4 is 7.26 Å². The molecule has 0 atom stereocenters. The molecule has 0 nitrogen and oxygen atoms in total. The van der Waals surface area contributed by atoms with Crippen molar-refractivity contribution in [1.29, 1.82) is 0 Å². The minimum atomic E-state index is -0.865. The predicted molar refractivity (Wildman–Crippen MR) is 42.3 cm³/mol. The van der Waals surface area contributed by atoms with Crippen LogP contribution in [-0.2, 0) is 0 Å². The Bertz CT molecular complexity index is 111. The molecule has 48 valence electrons. The summed E-state index contributed by atoms with van der Waals surface area (Å²) in [7, 11) is -0.865. The molecule has 1 fully saturated rings. The summed E-state index contributed by atoms with van der Waals surface area (Å²) in [5.74, 6) is 0. The third kappa shape index (κ3) is 1.23. The molecule has 0 aromatic rings. The van der Waals surface area contributed by atoms with Crippen LogP contribution in [0.25, 0.3) is 0 Å². The molecule has 0 amide bonds. The Morgan fingerprint density at radius 1 is 1.38 bits per heavy atom. The van der Waals surface area contributed by atoms with Gasteiger partial charge in [0.15, 0.2) is 0 Å². The molecule has 0 saturated heterocycles. The van der Waals surface area contributed by atoms with Gasteiger partial charge in [-0.2, -0.15) is 0 Å². The largest absolute Gasteiger partial charge is 0.0745 e. The molecule has 0 N–H and O–H groups in total. The van der Waals surface area contributed by atoms with Crippen LogP contribution in [-0.4, -0.2) is 25.6 Å². The zero-order chi connectivity index (χ0) is 7.12. The Labute approximate surface area is 54.4 Å². The van der Waals surface area contributed by atoms with Crippen molar-refractivity contribution in [3.05, 3.63) is 0 Å². The minimum Gasteiger partial charge on any atom is -0.0459 e. The van der Waals surface area contributed by atoms with Crippen LogP contribution < -0.4 is 0 Å². The second-order valence-electron chi connectivity index (χ2n) is 3.43. The SMILES string of the molecule is [2H]C1([P+](C)(C)C)CCC1. The van der Waals surface area contributed by atoms with Crippen LogP contribution >= 0.6 is 7.26 Å². The summed E-state index contributed by atoms with van der Waals surface area (Å²) in [4.78, 5) is 0. The second-order valence-corrected chi connectivity index (χ2v) is 8.09. The molecular weight excluding hydrogens is 115 g/mol. The van der Waals surface area contributed by atoms with Crippen LogP contribution in [0.4, 0.5) is 0 Å². The molecule has 1 heteroatoms. The van der Waals surface area contributed by atoms with Gasteiger partial charge in [0.1, 0.15) is 0 Å². The van der Waals surface area contributed by atoms with Crippen molar-refractivity contribution in [3.8, 4) is 0 Å². The average molecular weight is 132 g/mol. The highest BCUT2D eigenvalue weighted by molar-refractivity contribution is 7.74. The van der Waals surface area contributed by atoms with Crippen molar-refractivity contribution in [3.63, 3.8) is 0 Å². The average Bonchev–Trinajstić information content (AvgIpc) is 1.57. The third-order valence-electron chi connectivity index (χ3n) is 1.88. The second kappa shape index (κ2) is 1.99. The fourth-order valence-electron chi connectivity index (χ4n) is 1.01. The Morgan fingerprint density at radius 2 is 1.88 bits per heavy atom. The molecule has 0 aliphatic heterocycles. The third-order valence-corrected chi connectivity index (χ3v) is 4.22. The minimum absolute atomic E-state index is 0.0208. The van der Waals surface area contributed by atoms with E-state index < -0.39 is 7.26 Å². The first kappa shape index (κ1) is 5.23. The fraction of sp³-hybridized carbons (Fsp3) is 1.00. The van der Waals surface area contributed by atoms with E-state index in [2.05, 4.69) is 20.0 Å². The van der Waals surface area contributed by atoms with Gasteiger partial charge in [-0.25, -0.2) is 0 Å². The number of rotatable bonds is 1. The molecule has 0 heterocycles. The van der Waals surface area contributed by atoms with Gasteiger partial charge in [0, 0.05) is 27.3 Å². The van der Waals surface area contributed by atoms with Crippen molar-refractivity contribution in [2.75, 3.05) is 20.0 Å². The molecule has 0 unspecified atom stereocenters. The molecule has 1 saturated carbocycles. The Balaban J connectivity index is 2.59. The Morgan fingerprint density at radius 3 is 1.88 bits per heavy atom. The molecular formula is C7H16P+. The molecule has 8 heavy (non-hydrogen) atoms. The number of hydrogen-bond acceptors (Lipinski definition) is 0. The smallest absolute Gasteiger partial charge is 0.0459 e. The molecule has 0 aromatic carbocycles. The van der Waals surface area contributed by atoms with E-state index in [1.807, 2.05) is 0 Å². The van der Waals surface area contributed by atoms with Crippen LogP contribution in [0.5, 0.6) is 0 Å². The van der Waals surface area contributed by atoms with Gasteiger partial charge in [0.05, 0.1) is 7.01 Å². The normalized spacial score (nSPS) is 28.6. The molecule has 0 bridgehead atoms. The lowest BCUT2D eigenvalue weighted by atomic mass is 10.00. The fourth-order valence-corrected chi connectivity index (χ4v) is 2.66. The van der Waals surface area contributed by atoms with E-state index in [1.54, 1.807) is 0 Å². The first-order chi connectivity index (χ1) is 3.96. The summed E-state index contributed by atoms with van der Waals surface area (Å²) in [5.41, 5.74) is 0.0208. The molecule has 1 aliphatic carbocycles. The van der Waals surface area contributed by atoms with Crippen LogP contribution in [0.1, 0.15) is 20.6 Å². The van der Waals surface area contributed by atoms with E-state index in [1.165, 1.54) is 6.42 Å². The van der Waals surface area contributed by atoms with Gasteiger partial charge >= 0.3 is 0 Å². The molecule has 1 aliphatic rings. The van der Waals surface area contributed by atoms with Crippen molar-refractivity contribution in [2.24, 2.45) is 0 Å². The van der Waals surface area contributed by atoms with Crippen LogP contribution in [0, 0.1) is 0 Å². The lowest BCUT2D eigenvalue weighted by Crippen LogP contribution is -2.19. The summed E-state index contributed by atoms with van der Waals surface area (Å²) in [6, 6.07) is 0. The van der Waals surface area contributed by atoms with E-state index >= 15 is 0 Å². The summed E-state index contributed by atoms with van der Waals surface area (Å²) in [6.45, 7) is 6.83. The molecule has 0 radical (unpaired) electrons. The highest BCUT2D eigenvalue weighted by Crippen LogP contribution is 2.59. The van der Waals surface area contributed by atoms with E-state index in [0.29, 0.717) is 0 Å². The number of hydrogen-bond donors (Lipinski definition) is 0. The van der Waals surface area contributed by atoms with E-state index in [-0.39, 0.29) is 5.64 Å². The summed E-state index contributed by atoms with van der Waals surface area (Å²) >= 11 is 0. The highest BCUT2D eigenvalue weighted by Gasteiger charge is 2.35. The van der Waals surface area contributed by atoms with Gasteiger partial charge < -0.3 is 0 Å². The van der Waals surface area contributed by atoms with Crippen molar-refractivity contribution in [1.82, 2.24) is 0 Å². The predicted octanol–water partition coefficient (Wildman–Crippen LogP) is 2.45. The first-order valence-electron chi connectivity index (χ1n) is 3.77. The van der Waals surface area contributed by atoms with Crippen molar-refractivity contribution < 1.29 is 1.37 Å². The zero-order valence-corrected chi connectivity index (χ0v) is 6.96. The monoisotopic (exact) mass is 132 g/mol. The molecule has 1 rings (SSSR count). The van der Waals surface area contributed by atoms with E-state index in [0.717, 1.165) is 12.8 Å². The maximum Gasteiger partial charge on any atom is 0.0745 e. The summed E-state index contributed by atoms with van der Waals surface area (Å²) < 4.78 is 7.96. The van der Waals surface area contributed by atoms with Crippen LogP contribution in [0.15, 0.2) is 0 Å². The standard InChI is InChI=1S/C7H16P/c1-8(2,3)7-5-4-6-7/h7H,4-6H2,1-3H3/q+1/i7D. The van der Waals surface area contributed by atoms with Gasteiger partial charge in [-0.15, -0.1) is 0 Å². The molecule has 0 aromatic heterocycles. The maximum atomic E-state index is 7.96. The summed E-state index contributed by atoms with van der Waals surface area (Å²) in [6.07, 6.45) is 3.61. The first-order valence-corrected chi connectivity index (χ1v) is 6.40. The lowest BCUT2D eigenvalue weighted by Gasteiger charge is -2.31. The van der Waals surface area contributed by atoms with Gasteiger partial charge in [0.25, 0.3) is 0 Å². The van der Waals surface area contributed by atoms with Crippen molar-refractivity contribution in [2.45, 2.75) is 24.9 Å². The topological polar surface area (TPSA) is 0 Å². The lowest BCUT2D eigenvalue weighted by molar-refractivity contribution is 0.512. The van der Waals surface area contributed by atoms with Crippen LogP contribution in [0.3, 0.4) is 0 Å². The Hall–Kier alpha value is 0.430. The van der Waals surface area contributed by atoms with Gasteiger partial charge in [-0.3, -0.25) is 0 Å². The molecule has 0 spiro atoms. The van der Waals surface area contributed by atoms with Crippen LogP contribution in [0.2, 0.25) is 0 Å². The quantitative estimate of drug-likeness (QED) is 0.481. The van der Waals surface area contributed by atoms with Gasteiger partial charge in [-0.05, 0) is 19.3 Å². The summed E-state index contributed by atoms with van der Waals surface area (Å²) in [5, 5.41) is 0. The highest BCUT2D eigenvalue weighted by atomic mass is 31.2. The zero-order valence-electron chi connectivity index (χ0n) is 7.07. The van der Waals surface area contributed by atoms with Gasteiger partial charge in [0.2, 0.25) is 0 Å². The van der Waals surface area contributed by atoms with E-state index in [4.69, 9.17) is 1.37 Å². The van der Waals surface area contributed by atoms with Gasteiger partial charge in [-0.1, -0.05) is 0 Å². The maximum absolute atomic E-state index is 7.96.